The second kappa shape index (κ2) is 5.60. The van der Waals surface area contributed by atoms with Crippen molar-refractivity contribution in [2.24, 2.45) is 17.3 Å². The van der Waals surface area contributed by atoms with Gasteiger partial charge in [0.15, 0.2) is 11.5 Å². The first-order valence-electron chi connectivity index (χ1n) is 12.3. The Morgan fingerprint density at radius 2 is 2.03 bits per heavy atom. The van der Waals surface area contributed by atoms with Gasteiger partial charge in [-0.25, -0.2) is 0 Å². The smallest absolute Gasteiger partial charge is 0.165 e. The maximum absolute atomic E-state index is 11.4. The Bertz CT molecular complexity index is 967. The average molecular weight is 425 g/mol. The van der Waals surface area contributed by atoms with E-state index < -0.39 is 11.2 Å². The van der Waals surface area contributed by atoms with E-state index in [0.717, 1.165) is 44.6 Å². The lowest BCUT2D eigenvalue weighted by atomic mass is 9.34. The molecule has 2 aliphatic heterocycles. The molecule has 5 nitrogen and oxygen atoms in total. The van der Waals surface area contributed by atoms with Crippen molar-refractivity contribution in [1.29, 1.82) is 0 Å². The summed E-state index contributed by atoms with van der Waals surface area (Å²) in [5.41, 5.74) is 1.24. The van der Waals surface area contributed by atoms with Crippen LogP contribution in [-0.4, -0.2) is 58.7 Å². The molecule has 2 spiro atoms. The Hall–Kier alpha value is -1.30. The van der Waals surface area contributed by atoms with Crippen LogP contribution in [0.2, 0.25) is 0 Å². The summed E-state index contributed by atoms with van der Waals surface area (Å²) in [4.78, 5) is 2.81. The first-order valence-corrected chi connectivity index (χ1v) is 12.3. The number of aromatic hydroxyl groups is 1. The van der Waals surface area contributed by atoms with Gasteiger partial charge in [-0.15, -0.1) is 0 Å². The predicted molar refractivity (Wildman–Crippen MR) is 116 cm³/mol. The van der Waals surface area contributed by atoms with Gasteiger partial charge in [0, 0.05) is 42.0 Å². The minimum absolute atomic E-state index is 0.0123. The van der Waals surface area contributed by atoms with E-state index in [4.69, 9.17) is 9.47 Å². The van der Waals surface area contributed by atoms with E-state index in [9.17, 15) is 10.2 Å². The molecule has 6 atom stereocenters. The number of nitrogens with zero attached hydrogens (tertiary/aromatic N) is 1. The van der Waals surface area contributed by atoms with Crippen LogP contribution in [0.5, 0.6) is 11.5 Å². The monoisotopic (exact) mass is 424 g/mol. The van der Waals surface area contributed by atoms with Crippen LogP contribution < -0.4 is 4.74 Å². The van der Waals surface area contributed by atoms with E-state index in [2.05, 4.69) is 11.0 Å². The van der Waals surface area contributed by atoms with Crippen LogP contribution in [0.1, 0.15) is 63.5 Å². The van der Waals surface area contributed by atoms with Gasteiger partial charge in [0.2, 0.25) is 0 Å². The quantitative estimate of drug-likeness (QED) is 0.776. The second-order valence-corrected chi connectivity index (χ2v) is 12.1. The third-order valence-corrected chi connectivity index (χ3v) is 10.5. The molecule has 0 unspecified atom stereocenters. The molecular weight excluding hydrogens is 389 g/mol. The largest absolute Gasteiger partial charge is 0.504 e. The van der Waals surface area contributed by atoms with Gasteiger partial charge < -0.3 is 19.7 Å². The molecular formula is C26H35NO4. The lowest BCUT2D eigenvalue weighted by molar-refractivity contribution is -0.300. The molecule has 5 aliphatic carbocycles. The summed E-state index contributed by atoms with van der Waals surface area (Å²) in [7, 11) is 1.81. The van der Waals surface area contributed by atoms with E-state index in [1.165, 1.54) is 30.5 Å². The third kappa shape index (κ3) is 2.02. The van der Waals surface area contributed by atoms with Crippen LogP contribution in [-0.2, 0) is 16.6 Å². The highest BCUT2D eigenvalue weighted by Crippen LogP contribution is 2.77. The molecule has 2 heterocycles. The summed E-state index contributed by atoms with van der Waals surface area (Å²) >= 11 is 0. The number of methoxy groups -OCH3 is 1. The molecule has 168 valence electrons. The predicted octanol–water partition coefficient (Wildman–Crippen LogP) is 3.39. The number of piperidine rings is 1. The van der Waals surface area contributed by atoms with Crippen LogP contribution in [0.15, 0.2) is 12.1 Å². The van der Waals surface area contributed by atoms with E-state index >= 15 is 0 Å². The van der Waals surface area contributed by atoms with Crippen molar-refractivity contribution < 1.29 is 19.7 Å². The Morgan fingerprint density at radius 1 is 1.23 bits per heavy atom. The third-order valence-electron chi connectivity index (χ3n) is 10.5. The average Bonchev–Trinajstić information content (AvgIpc) is 3.47. The van der Waals surface area contributed by atoms with Crippen molar-refractivity contribution in [1.82, 2.24) is 4.90 Å². The van der Waals surface area contributed by atoms with Gasteiger partial charge >= 0.3 is 0 Å². The molecule has 4 bridgehead atoms. The number of likely N-dealkylation sites (tertiary alicyclic amines) is 1. The van der Waals surface area contributed by atoms with Crippen molar-refractivity contribution in [2.45, 2.75) is 87.6 Å². The molecule has 0 radical (unpaired) electrons. The lowest BCUT2D eigenvalue weighted by Gasteiger charge is -2.75. The number of fused-ring (bicyclic) bond motifs is 2. The van der Waals surface area contributed by atoms with E-state index in [1.807, 2.05) is 27.0 Å². The normalized spacial score (nSPS) is 44.8. The summed E-state index contributed by atoms with van der Waals surface area (Å²) < 4.78 is 13.2. The number of phenols is 1. The molecule has 5 fully saturated rings. The molecule has 2 N–H and O–H groups in total. The van der Waals surface area contributed by atoms with E-state index in [-0.39, 0.29) is 28.6 Å². The van der Waals surface area contributed by atoms with Crippen molar-refractivity contribution in [2.75, 3.05) is 20.2 Å². The maximum atomic E-state index is 11.4. The molecule has 4 saturated carbocycles. The molecule has 8 rings (SSSR count). The van der Waals surface area contributed by atoms with Crippen molar-refractivity contribution in [3.63, 3.8) is 0 Å². The molecule has 1 aromatic rings. The van der Waals surface area contributed by atoms with Gasteiger partial charge in [0.1, 0.15) is 11.7 Å². The summed E-state index contributed by atoms with van der Waals surface area (Å²) in [6.45, 7) is 6.23. The Labute approximate surface area is 184 Å². The van der Waals surface area contributed by atoms with Crippen LogP contribution in [0, 0.1) is 17.3 Å². The fourth-order valence-electron chi connectivity index (χ4n) is 9.23. The Morgan fingerprint density at radius 3 is 2.74 bits per heavy atom. The summed E-state index contributed by atoms with van der Waals surface area (Å²) in [5.74, 6) is 1.86. The first kappa shape index (κ1) is 19.2. The summed E-state index contributed by atoms with van der Waals surface area (Å²) in [6, 6.07) is 4.46. The van der Waals surface area contributed by atoms with Crippen molar-refractivity contribution >= 4 is 0 Å². The number of aliphatic hydroxyl groups is 1. The number of phenolic OH excluding ortho intramolecular Hbond substituents is 1. The van der Waals surface area contributed by atoms with Gasteiger partial charge in [-0.2, -0.15) is 0 Å². The van der Waals surface area contributed by atoms with Gasteiger partial charge in [-0.05, 0) is 82.9 Å². The molecule has 7 aliphatic rings. The molecule has 5 heteroatoms. The van der Waals surface area contributed by atoms with Gasteiger partial charge in [-0.1, -0.05) is 6.07 Å². The maximum Gasteiger partial charge on any atom is 0.165 e. The highest BCUT2D eigenvalue weighted by Gasteiger charge is 2.81. The standard InChI is InChI=1S/C26H35NO4/c1-23(2,29)18-13-24-8-9-26(18,30-3)22-25(24)10-11-27(14-15-4-5-15)19(24)12-16-6-7-17(28)21(31-22)20(16)25/h6-7,15,18-19,22,28-29H,4-5,8-14H2,1-3H3/t18-,19-,22-,24-,25+,26-/m1/s1/i3-1. The highest BCUT2D eigenvalue weighted by atomic mass is 16.5. The molecule has 1 aromatic carbocycles. The van der Waals surface area contributed by atoms with Crippen LogP contribution in [0.25, 0.3) is 0 Å². The molecule has 0 amide bonds. The lowest BCUT2D eigenvalue weighted by Crippen LogP contribution is -2.82. The van der Waals surface area contributed by atoms with Gasteiger partial charge in [0.05, 0.1) is 5.60 Å². The zero-order valence-corrected chi connectivity index (χ0v) is 19.0. The molecule has 0 aromatic heterocycles. The van der Waals surface area contributed by atoms with Crippen molar-refractivity contribution in [3.8, 4) is 11.5 Å². The SMILES string of the molecule is CC(C)(O)[C@H]1C[C@@]23CC[C@]1(O[11CH3])[C@@H]1Oc4c(O)ccc5c4[C@@]12CCN(CC1CC1)[C@@H]3C5. The van der Waals surface area contributed by atoms with Crippen LogP contribution in [0.4, 0.5) is 0 Å². The number of hydrogen-bond acceptors (Lipinski definition) is 5. The summed E-state index contributed by atoms with van der Waals surface area (Å²) in [6.07, 6.45) is 7.72. The molecule has 31 heavy (non-hydrogen) atoms. The minimum atomic E-state index is -0.846. The number of benzene rings is 1. The minimum Gasteiger partial charge on any atom is -0.504 e. The molecule has 1 saturated heterocycles. The fourth-order valence-corrected chi connectivity index (χ4v) is 9.23. The van der Waals surface area contributed by atoms with E-state index in [0.29, 0.717) is 11.8 Å². The van der Waals surface area contributed by atoms with Crippen LogP contribution >= 0.6 is 0 Å². The zero-order valence-electron chi connectivity index (χ0n) is 19.0. The van der Waals surface area contributed by atoms with Gasteiger partial charge in [-0.3, -0.25) is 4.90 Å². The topological polar surface area (TPSA) is 62.2 Å². The first-order chi connectivity index (χ1) is 14.8. The Balaban J connectivity index is 1.49. The number of rotatable bonds is 4. The van der Waals surface area contributed by atoms with E-state index in [1.54, 1.807) is 0 Å². The Kier molecular flexibility index (Phi) is 3.47. The van der Waals surface area contributed by atoms with Gasteiger partial charge in [0.25, 0.3) is 0 Å². The van der Waals surface area contributed by atoms with Crippen molar-refractivity contribution in [3.05, 3.63) is 23.3 Å². The fraction of sp³-hybridized carbons (Fsp3) is 0.769. The van der Waals surface area contributed by atoms with Crippen LogP contribution in [0.3, 0.4) is 0 Å². The number of ether oxygens (including phenoxy) is 2. The number of hydrogen-bond donors (Lipinski definition) is 2. The summed E-state index contributed by atoms with van der Waals surface area (Å²) in [5, 5.41) is 22.2. The second-order valence-electron chi connectivity index (χ2n) is 12.1. The zero-order chi connectivity index (χ0) is 21.4. The highest BCUT2D eigenvalue weighted by molar-refractivity contribution is 5.63.